The average Bonchev–Trinajstić information content (AvgIpc) is 2.83. The molecule has 1 N–H and O–H groups in total. The highest BCUT2D eigenvalue weighted by Crippen LogP contribution is 2.28. The number of rotatable bonds is 6. The maximum atomic E-state index is 6.01. The number of ether oxygens (including phenoxy) is 1. The summed E-state index contributed by atoms with van der Waals surface area (Å²) in [6.07, 6.45) is 1.06. The second kappa shape index (κ2) is 6.90. The van der Waals surface area contributed by atoms with Gasteiger partial charge in [-0.15, -0.1) is 10.2 Å². The molecule has 2 rings (SSSR count). The zero-order valence-electron chi connectivity index (χ0n) is 11.9. The van der Waals surface area contributed by atoms with Gasteiger partial charge in [0, 0.05) is 11.6 Å². The molecule has 1 heterocycles. The van der Waals surface area contributed by atoms with Gasteiger partial charge in [-0.3, -0.25) is 0 Å². The topological polar surface area (TPSA) is 47.0 Å². The van der Waals surface area contributed by atoms with Crippen LogP contribution in [0, 0.1) is 13.8 Å². The highest BCUT2D eigenvalue weighted by Gasteiger charge is 2.09. The number of hydrogen-bond donors (Lipinski definition) is 1. The Balaban J connectivity index is 2.00. The molecule has 0 saturated carbocycles. The molecule has 0 saturated heterocycles. The van der Waals surface area contributed by atoms with Gasteiger partial charge < -0.3 is 10.1 Å². The van der Waals surface area contributed by atoms with Gasteiger partial charge in [0.25, 0.3) is 0 Å². The lowest BCUT2D eigenvalue weighted by molar-refractivity contribution is 0.300. The Morgan fingerprint density at radius 3 is 2.60 bits per heavy atom. The van der Waals surface area contributed by atoms with Crippen LogP contribution in [0.2, 0.25) is 5.02 Å². The van der Waals surface area contributed by atoms with Crippen LogP contribution in [0.3, 0.4) is 0 Å². The second-order valence-electron chi connectivity index (χ2n) is 4.59. The number of nitrogens with one attached hydrogen (secondary N) is 1. The van der Waals surface area contributed by atoms with Crippen molar-refractivity contribution in [3.05, 3.63) is 33.3 Å². The SMILES string of the molecule is CCCNc1nnc(COc2c(C)cc(Cl)cc2C)s1. The van der Waals surface area contributed by atoms with E-state index >= 15 is 0 Å². The van der Waals surface area contributed by atoms with Crippen molar-refractivity contribution in [3.63, 3.8) is 0 Å². The molecule has 0 spiro atoms. The number of aromatic nitrogens is 2. The summed E-state index contributed by atoms with van der Waals surface area (Å²) in [6, 6.07) is 3.80. The fourth-order valence-electron chi connectivity index (χ4n) is 1.87. The van der Waals surface area contributed by atoms with Gasteiger partial charge in [-0.25, -0.2) is 0 Å². The molecular weight excluding hydrogens is 294 g/mol. The lowest BCUT2D eigenvalue weighted by Crippen LogP contribution is -1.98. The summed E-state index contributed by atoms with van der Waals surface area (Å²) in [4.78, 5) is 0. The van der Waals surface area contributed by atoms with Crippen LogP contribution in [-0.2, 0) is 6.61 Å². The lowest BCUT2D eigenvalue weighted by atomic mass is 10.1. The summed E-state index contributed by atoms with van der Waals surface area (Å²) in [5.74, 6) is 0.868. The minimum Gasteiger partial charge on any atom is -0.486 e. The summed E-state index contributed by atoms with van der Waals surface area (Å²) < 4.78 is 5.85. The molecule has 6 heteroatoms. The molecule has 0 fully saturated rings. The number of anilines is 1. The van der Waals surface area contributed by atoms with Gasteiger partial charge >= 0.3 is 0 Å². The van der Waals surface area contributed by atoms with E-state index in [0.717, 1.165) is 45.0 Å². The third-order valence-corrected chi connectivity index (χ3v) is 3.83. The van der Waals surface area contributed by atoms with E-state index in [4.69, 9.17) is 16.3 Å². The predicted octanol–water partition coefficient (Wildman–Crippen LogP) is 4.21. The average molecular weight is 312 g/mol. The third-order valence-electron chi connectivity index (χ3n) is 2.76. The van der Waals surface area contributed by atoms with E-state index in [1.165, 1.54) is 11.3 Å². The maximum Gasteiger partial charge on any atom is 0.205 e. The second-order valence-corrected chi connectivity index (χ2v) is 6.08. The van der Waals surface area contributed by atoms with E-state index in [2.05, 4.69) is 22.4 Å². The molecule has 4 nitrogen and oxygen atoms in total. The monoisotopic (exact) mass is 311 g/mol. The Hall–Kier alpha value is -1.33. The number of hydrogen-bond acceptors (Lipinski definition) is 5. The van der Waals surface area contributed by atoms with Crippen molar-refractivity contribution in [2.24, 2.45) is 0 Å². The Morgan fingerprint density at radius 1 is 1.25 bits per heavy atom. The normalized spacial score (nSPS) is 10.6. The molecule has 2 aromatic rings. The molecule has 1 aromatic heterocycles. The van der Waals surface area contributed by atoms with Gasteiger partial charge in [0.2, 0.25) is 5.13 Å². The standard InChI is InChI=1S/C14H18ClN3OS/c1-4-5-16-14-18-17-12(20-14)8-19-13-9(2)6-11(15)7-10(13)3/h6-7H,4-5,8H2,1-3H3,(H,16,18). The van der Waals surface area contributed by atoms with Crippen LogP contribution in [-0.4, -0.2) is 16.7 Å². The molecule has 20 heavy (non-hydrogen) atoms. The summed E-state index contributed by atoms with van der Waals surface area (Å²) in [6.45, 7) is 7.43. The van der Waals surface area contributed by atoms with Crippen LogP contribution in [0.25, 0.3) is 0 Å². The molecule has 0 aliphatic heterocycles. The number of nitrogens with zero attached hydrogens (tertiary/aromatic N) is 2. The first-order chi connectivity index (χ1) is 9.60. The maximum absolute atomic E-state index is 6.01. The van der Waals surface area contributed by atoms with E-state index in [0.29, 0.717) is 6.61 Å². The fraction of sp³-hybridized carbons (Fsp3) is 0.429. The van der Waals surface area contributed by atoms with Crippen molar-refractivity contribution in [1.82, 2.24) is 10.2 Å². The largest absolute Gasteiger partial charge is 0.486 e. The van der Waals surface area contributed by atoms with Crippen molar-refractivity contribution < 1.29 is 4.74 Å². The van der Waals surface area contributed by atoms with Gasteiger partial charge in [-0.2, -0.15) is 0 Å². The van der Waals surface area contributed by atoms with Gasteiger partial charge in [-0.05, 0) is 43.5 Å². The summed E-state index contributed by atoms with van der Waals surface area (Å²) >= 11 is 7.53. The van der Waals surface area contributed by atoms with Crippen LogP contribution >= 0.6 is 22.9 Å². The van der Waals surface area contributed by atoms with Crippen LogP contribution in [0.1, 0.15) is 29.5 Å². The van der Waals surface area contributed by atoms with Crippen LogP contribution in [0.5, 0.6) is 5.75 Å². The highest BCUT2D eigenvalue weighted by atomic mass is 35.5. The van der Waals surface area contributed by atoms with Gasteiger partial charge in [0.15, 0.2) is 5.01 Å². The Bertz CT molecular complexity index is 563. The summed E-state index contributed by atoms with van der Waals surface area (Å²) in [5.41, 5.74) is 2.06. The predicted molar refractivity (Wildman–Crippen MR) is 83.9 cm³/mol. The minimum absolute atomic E-state index is 0.425. The first-order valence-electron chi connectivity index (χ1n) is 6.56. The Kier molecular flexibility index (Phi) is 5.20. The Labute approximate surface area is 128 Å². The molecule has 0 bridgehead atoms. The van der Waals surface area contributed by atoms with Crippen molar-refractivity contribution in [3.8, 4) is 5.75 Å². The summed E-state index contributed by atoms with van der Waals surface area (Å²) in [7, 11) is 0. The van der Waals surface area contributed by atoms with E-state index in [1.807, 2.05) is 26.0 Å². The minimum atomic E-state index is 0.425. The van der Waals surface area contributed by atoms with Crippen LogP contribution < -0.4 is 10.1 Å². The van der Waals surface area contributed by atoms with Gasteiger partial charge in [-0.1, -0.05) is 29.9 Å². The first-order valence-corrected chi connectivity index (χ1v) is 7.75. The number of benzene rings is 1. The molecule has 0 unspecified atom stereocenters. The zero-order chi connectivity index (χ0) is 14.5. The van der Waals surface area contributed by atoms with E-state index in [-0.39, 0.29) is 0 Å². The quantitative estimate of drug-likeness (QED) is 0.868. The number of halogens is 1. The van der Waals surface area contributed by atoms with E-state index in [9.17, 15) is 0 Å². The smallest absolute Gasteiger partial charge is 0.205 e. The first kappa shape index (κ1) is 15.1. The Morgan fingerprint density at radius 2 is 1.95 bits per heavy atom. The summed E-state index contributed by atoms with van der Waals surface area (Å²) in [5, 5.41) is 13.8. The molecular formula is C14H18ClN3OS. The lowest BCUT2D eigenvalue weighted by Gasteiger charge is -2.11. The van der Waals surface area contributed by atoms with Gasteiger partial charge in [0.1, 0.15) is 12.4 Å². The molecule has 0 aliphatic carbocycles. The molecule has 1 aromatic carbocycles. The highest BCUT2D eigenvalue weighted by molar-refractivity contribution is 7.15. The van der Waals surface area contributed by atoms with Gasteiger partial charge in [0.05, 0.1) is 0 Å². The van der Waals surface area contributed by atoms with E-state index < -0.39 is 0 Å². The fourth-order valence-corrected chi connectivity index (χ4v) is 2.88. The molecule has 0 amide bonds. The number of aryl methyl sites for hydroxylation is 2. The van der Waals surface area contributed by atoms with Crippen LogP contribution in [0.15, 0.2) is 12.1 Å². The van der Waals surface area contributed by atoms with E-state index in [1.54, 1.807) is 0 Å². The van der Waals surface area contributed by atoms with Crippen molar-refractivity contribution in [2.75, 3.05) is 11.9 Å². The zero-order valence-corrected chi connectivity index (χ0v) is 13.4. The van der Waals surface area contributed by atoms with Crippen LogP contribution in [0.4, 0.5) is 5.13 Å². The van der Waals surface area contributed by atoms with Crippen molar-refractivity contribution in [2.45, 2.75) is 33.8 Å². The third kappa shape index (κ3) is 3.84. The molecule has 0 radical (unpaired) electrons. The van der Waals surface area contributed by atoms with Crippen molar-refractivity contribution >= 4 is 28.1 Å². The molecule has 108 valence electrons. The molecule has 0 atom stereocenters. The molecule has 0 aliphatic rings. The van der Waals surface area contributed by atoms with Crippen molar-refractivity contribution in [1.29, 1.82) is 0 Å².